The van der Waals surface area contributed by atoms with E-state index in [9.17, 15) is 0 Å². The smallest absolute Gasteiger partial charge is 0.0487 e. The summed E-state index contributed by atoms with van der Waals surface area (Å²) in [6.45, 7) is 11.7. The fourth-order valence-corrected chi connectivity index (χ4v) is 3.10. The lowest BCUT2D eigenvalue weighted by Crippen LogP contribution is -2.24. The molecule has 1 aromatic carbocycles. The molecule has 0 spiro atoms. The van der Waals surface area contributed by atoms with Crippen LogP contribution in [0.2, 0.25) is 19.6 Å². The maximum Gasteiger partial charge on any atom is 0.0487 e. The third-order valence-corrected chi connectivity index (χ3v) is 3.88. The lowest BCUT2D eigenvalue weighted by molar-refractivity contribution is 1.21. The van der Waals surface area contributed by atoms with Crippen LogP contribution in [0.3, 0.4) is 0 Å². The maximum atomic E-state index is 2.43. The minimum atomic E-state index is -0.952. The van der Waals surface area contributed by atoms with Gasteiger partial charge < -0.3 is 0 Å². The van der Waals surface area contributed by atoms with Crippen LogP contribution in [-0.2, 0) is 6.04 Å². The standard InChI is InChI=1S/C12H20Si/c1-10-7-6-8-12(11(10)2)9-13(3,4)5/h6-8H,9H2,1-5H3. The number of hydrogen-bond acceptors (Lipinski definition) is 0. The van der Waals surface area contributed by atoms with Crippen molar-refractivity contribution in [3.63, 3.8) is 0 Å². The van der Waals surface area contributed by atoms with Crippen LogP contribution in [0, 0.1) is 13.8 Å². The van der Waals surface area contributed by atoms with E-state index >= 15 is 0 Å². The Balaban J connectivity index is 2.96. The summed E-state index contributed by atoms with van der Waals surface area (Å²) in [5.41, 5.74) is 4.47. The van der Waals surface area contributed by atoms with Crippen molar-refractivity contribution in [2.24, 2.45) is 0 Å². The topological polar surface area (TPSA) is 0 Å². The first-order valence-electron chi connectivity index (χ1n) is 4.95. The molecule has 0 aliphatic heterocycles. The van der Waals surface area contributed by atoms with Gasteiger partial charge >= 0.3 is 0 Å². The van der Waals surface area contributed by atoms with Crippen LogP contribution in [-0.4, -0.2) is 8.07 Å². The second-order valence-corrected chi connectivity index (χ2v) is 10.6. The van der Waals surface area contributed by atoms with Crippen molar-refractivity contribution in [3.8, 4) is 0 Å². The van der Waals surface area contributed by atoms with E-state index in [1.165, 1.54) is 17.2 Å². The average molecular weight is 192 g/mol. The number of benzene rings is 1. The average Bonchev–Trinajstić information content (AvgIpc) is 1.96. The van der Waals surface area contributed by atoms with Crippen molar-refractivity contribution in [2.75, 3.05) is 0 Å². The first kappa shape index (κ1) is 10.5. The molecular weight excluding hydrogens is 172 g/mol. The molecule has 0 aliphatic rings. The molecule has 0 aliphatic carbocycles. The molecule has 0 N–H and O–H groups in total. The molecule has 0 nitrogen and oxygen atoms in total. The predicted molar refractivity (Wildman–Crippen MR) is 63.0 cm³/mol. The van der Waals surface area contributed by atoms with Gasteiger partial charge in [0.05, 0.1) is 0 Å². The van der Waals surface area contributed by atoms with Gasteiger partial charge in [-0.2, -0.15) is 0 Å². The Labute approximate surface area is 83.0 Å². The monoisotopic (exact) mass is 192 g/mol. The molecule has 0 heterocycles. The molecule has 0 atom stereocenters. The van der Waals surface area contributed by atoms with E-state index in [4.69, 9.17) is 0 Å². The highest BCUT2D eigenvalue weighted by molar-refractivity contribution is 6.75. The van der Waals surface area contributed by atoms with E-state index in [1.807, 2.05) is 0 Å². The van der Waals surface area contributed by atoms with E-state index in [2.05, 4.69) is 51.7 Å². The molecule has 0 bridgehead atoms. The third-order valence-electron chi connectivity index (χ3n) is 2.44. The van der Waals surface area contributed by atoms with Crippen LogP contribution in [0.1, 0.15) is 16.7 Å². The first-order chi connectivity index (χ1) is 5.90. The molecular formula is C12H20Si. The van der Waals surface area contributed by atoms with Crippen LogP contribution >= 0.6 is 0 Å². The lowest BCUT2D eigenvalue weighted by Gasteiger charge is -2.18. The quantitative estimate of drug-likeness (QED) is 0.626. The molecule has 13 heavy (non-hydrogen) atoms. The largest absolute Gasteiger partial charge is 0.0693 e. The van der Waals surface area contributed by atoms with Crippen LogP contribution in [0.25, 0.3) is 0 Å². The fraction of sp³-hybridized carbons (Fsp3) is 0.500. The first-order valence-corrected chi connectivity index (χ1v) is 8.66. The second-order valence-electron chi connectivity index (χ2n) is 5.10. The van der Waals surface area contributed by atoms with Crippen molar-refractivity contribution in [1.82, 2.24) is 0 Å². The third kappa shape index (κ3) is 3.00. The summed E-state index contributed by atoms with van der Waals surface area (Å²) < 4.78 is 0. The minimum Gasteiger partial charge on any atom is -0.0693 e. The van der Waals surface area contributed by atoms with E-state index in [1.54, 1.807) is 5.56 Å². The van der Waals surface area contributed by atoms with Gasteiger partial charge in [0, 0.05) is 8.07 Å². The summed E-state index contributed by atoms with van der Waals surface area (Å²) in [5, 5.41) is 0. The molecule has 0 unspecified atom stereocenters. The molecule has 0 aromatic heterocycles. The molecule has 0 radical (unpaired) electrons. The number of rotatable bonds is 2. The Morgan fingerprint density at radius 2 is 1.69 bits per heavy atom. The van der Waals surface area contributed by atoms with E-state index in [-0.39, 0.29) is 0 Å². The van der Waals surface area contributed by atoms with Gasteiger partial charge in [-0.15, -0.1) is 0 Å². The normalized spacial score (nSPS) is 11.8. The zero-order chi connectivity index (χ0) is 10.1. The van der Waals surface area contributed by atoms with Crippen LogP contribution in [0.4, 0.5) is 0 Å². The molecule has 0 saturated carbocycles. The van der Waals surface area contributed by atoms with E-state index in [0.717, 1.165) is 0 Å². The summed E-state index contributed by atoms with van der Waals surface area (Å²) >= 11 is 0. The van der Waals surface area contributed by atoms with Gasteiger partial charge in [0.25, 0.3) is 0 Å². The second kappa shape index (κ2) is 3.67. The van der Waals surface area contributed by atoms with Crippen LogP contribution in [0.5, 0.6) is 0 Å². The fourth-order valence-electron chi connectivity index (χ4n) is 1.57. The van der Waals surface area contributed by atoms with Crippen LogP contribution in [0.15, 0.2) is 18.2 Å². The van der Waals surface area contributed by atoms with Gasteiger partial charge in [-0.05, 0) is 36.6 Å². The van der Waals surface area contributed by atoms with Crippen molar-refractivity contribution >= 4 is 8.07 Å². The molecule has 1 rings (SSSR count). The molecule has 0 amide bonds. The highest BCUT2D eigenvalue weighted by Crippen LogP contribution is 2.17. The highest BCUT2D eigenvalue weighted by atomic mass is 28.3. The van der Waals surface area contributed by atoms with Crippen molar-refractivity contribution in [1.29, 1.82) is 0 Å². The minimum absolute atomic E-state index is 0.952. The Hall–Kier alpha value is -0.563. The zero-order valence-electron chi connectivity index (χ0n) is 9.44. The van der Waals surface area contributed by atoms with Crippen molar-refractivity contribution in [2.45, 2.75) is 39.5 Å². The Kier molecular flexibility index (Phi) is 2.97. The Morgan fingerprint density at radius 1 is 1.08 bits per heavy atom. The van der Waals surface area contributed by atoms with Gasteiger partial charge in [-0.1, -0.05) is 37.8 Å². The van der Waals surface area contributed by atoms with Gasteiger partial charge in [0.1, 0.15) is 0 Å². The van der Waals surface area contributed by atoms with Gasteiger partial charge in [0.15, 0.2) is 0 Å². The molecule has 1 aromatic rings. The zero-order valence-corrected chi connectivity index (χ0v) is 10.4. The van der Waals surface area contributed by atoms with E-state index in [0.29, 0.717) is 0 Å². The summed E-state index contributed by atoms with van der Waals surface area (Å²) in [4.78, 5) is 0. The molecule has 1 heteroatoms. The van der Waals surface area contributed by atoms with Gasteiger partial charge in [0.2, 0.25) is 0 Å². The van der Waals surface area contributed by atoms with Crippen molar-refractivity contribution < 1.29 is 0 Å². The Bertz CT molecular complexity index is 294. The number of hydrogen-bond donors (Lipinski definition) is 0. The highest BCUT2D eigenvalue weighted by Gasteiger charge is 2.15. The molecule has 72 valence electrons. The maximum absolute atomic E-state index is 2.43. The van der Waals surface area contributed by atoms with Crippen LogP contribution < -0.4 is 0 Å². The molecule has 0 saturated heterocycles. The van der Waals surface area contributed by atoms with Gasteiger partial charge in [-0.3, -0.25) is 0 Å². The summed E-state index contributed by atoms with van der Waals surface area (Å²) in [5.74, 6) is 0. The summed E-state index contributed by atoms with van der Waals surface area (Å²) in [7, 11) is -0.952. The summed E-state index contributed by atoms with van der Waals surface area (Å²) in [6, 6.07) is 7.96. The van der Waals surface area contributed by atoms with E-state index < -0.39 is 8.07 Å². The molecule has 0 fully saturated rings. The SMILES string of the molecule is Cc1cccc(C[Si](C)(C)C)c1C. The van der Waals surface area contributed by atoms with Gasteiger partial charge in [-0.25, -0.2) is 0 Å². The summed E-state index contributed by atoms with van der Waals surface area (Å²) in [6.07, 6.45) is 0. The predicted octanol–water partition coefficient (Wildman–Crippen LogP) is 3.72. The van der Waals surface area contributed by atoms with Crippen molar-refractivity contribution in [3.05, 3.63) is 34.9 Å². The lowest BCUT2D eigenvalue weighted by atomic mass is 10.1. The number of aryl methyl sites for hydroxylation is 1. The Morgan fingerprint density at radius 3 is 2.23 bits per heavy atom.